The third kappa shape index (κ3) is 8.69. The molecule has 1 saturated heterocycles. The van der Waals surface area contributed by atoms with Gasteiger partial charge >= 0.3 is 12.3 Å². The maximum Gasteiger partial charge on any atom is 0.427 e. The first-order valence-electron chi connectivity index (χ1n) is 19.2. The molecule has 0 spiro atoms. The lowest BCUT2D eigenvalue weighted by Crippen LogP contribution is -2.60. The zero-order chi connectivity index (χ0) is 42.4. The van der Waals surface area contributed by atoms with Crippen molar-refractivity contribution in [2.45, 2.75) is 113 Å². The summed E-state index contributed by atoms with van der Waals surface area (Å²) in [4.78, 5) is 61.6. The Morgan fingerprint density at radius 2 is 1.79 bits per heavy atom. The van der Waals surface area contributed by atoms with Crippen molar-refractivity contribution >= 4 is 44.7 Å². The van der Waals surface area contributed by atoms with Gasteiger partial charge in [0.25, 0.3) is 5.91 Å². The third-order valence-corrected chi connectivity index (χ3v) is 13.8. The highest BCUT2D eigenvalue weighted by Crippen LogP contribution is 2.48. The number of alkyl halides is 4. The number of aromatic nitrogens is 1. The molecule has 318 valence electrons. The summed E-state index contributed by atoms with van der Waals surface area (Å²) in [5, 5.41) is 5.74. The topological polar surface area (TPSA) is 182 Å². The Balaban J connectivity index is 1.34. The van der Waals surface area contributed by atoms with Gasteiger partial charge < -0.3 is 29.7 Å². The maximum atomic E-state index is 14.7. The van der Waals surface area contributed by atoms with Gasteiger partial charge in [0, 0.05) is 17.7 Å². The first-order chi connectivity index (χ1) is 27.1. The number of pyridine rings is 1. The molecule has 4 aliphatic rings. The molecule has 3 fully saturated rings. The number of alkyl carbamates (subject to hydrolysis) is 1. The molecule has 2 saturated carbocycles. The Morgan fingerprint density at radius 1 is 1.09 bits per heavy atom. The number of rotatable bonds is 9. The van der Waals surface area contributed by atoms with Crippen molar-refractivity contribution < 1.29 is 59.4 Å². The zero-order valence-corrected chi connectivity index (χ0v) is 33.7. The second-order valence-corrected chi connectivity index (χ2v) is 18.7. The summed E-state index contributed by atoms with van der Waals surface area (Å²) in [6.07, 6.45) is -0.947. The highest BCUT2D eigenvalue weighted by Gasteiger charge is 2.64. The molecule has 0 unspecified atom stereocenters. The molecule has 19 heteroatoms. The van der Waals surface area contributed by atoms with Crippen LogP contribution in [0.25, 0.3) is 10.9 Å². The maximum absolute atomic E-state index is 14.7. The lowest BCUT2D eigenvalue weighted by atomic mass is 9.88. The fraction of sp³-hybridized carbons (Fsp3) is 0.615. The van der Waals surface area contributed by atoms with E-state index in [2.05, 4.69) is 15.6 Å². The van der Waals surface area contributed by atoms with Gasteiger partial charge in [-0.1, -0.05) is 26.0 Å². The van der Waals surface area contributed by atoms with E-state index in [0.717, 1.165) is 4.90 Å². The number of methoxy groups -OCH3 is 1. The Labute approximate surface area is 333 Å². The summed E-state index contributed by atoms with van der Waals surface area (Å²) in [5.41, 5.74) is -4.02. The lowest BCUT2D eigenvalue weighted by molar-refractivity contribution is -0.244. The number of nitrogens with one attached hydrogen (secondary N) is 3. The number of fused-ring (bicyclic) bond motifs is 3. The van der Waals surface area contributed by atoms with Crippen LogP contribution in [0.5, 0.6) is 11.5 Å². The third-order valence-electron chi connectivity index (χ3n) is 11.7. The van der Waals surface area contributed by atoms with Crippen LogP contribution < -0.4 is 24.8 Å². The van der Waals surface area contributed by atoms with Crippen LogP contribution in [0.1, 0.15) is 72.6 Å². The molecule has 0 radical (unpaired) electrons. The number of hydrogen-bond donors (Lipinski definition) is 3. The van der Waals surface area contributed by atoms with Gasteiger partial charge in [-0.25, -0.2) is 17.6 Å². The van der Waals surface area contributed by atoms with Gasteiger partial charge in [0.2, 0.25) is 27.4 Å². The van der Waals surface area contributed by atoms with E-state index >= 15 is 0 Å². The minimum absolute atomic E-state index is 0.0175. The van der Waals surface area contributed by atoms with Gasteiger partial charge in [-0.05, 0) is 88.5 Å². The smallest absolute Gasteiger partial charge is 0.427 e. The average Bonchev–Trinajstić information content (AvgIpc) is 4.05. The van der Waals surface area contributed by atoms with Gasteiger partial charge in [-0.3, -0.25) is 24.1 Å². The van der Waals surface area contributed by atoms with Crippen LogP contribution in [0.15, 0.2) is 42.6 Å². The van der Waals surface area contributed by atoms with Crippen LogP contribution in [0.2, 0.25) is 0 Å². The fourth-order valence-electron chi connectivity index (χ4n) is 7.67. The van der Waals surface area contributed by atoms with Gasteiger partial charge in [-0.2, -0.15) is 13.2 Å². The Morgan fingerprint density at radius 3 is 2.45 bits per heavy atom. The van der Waals surface area contributed by atoms with Gasteiger partial charge in [0.15, 0.2) is 0 Å². The molecule has 1 aromatic carbocycles. The number of hydrogen-bond acceptors (Lipinski definition) is 10. The molecule has 6 rings (SSSR count). The van der Waals surface area contributed by atoms with Crippen molar-refractivity contribution in [3.8, 4) is 11.5 Å². The van der Waals surface area contributed by atoms with E-state index in [-0.39, 0.29) is 43.9 Å². The number of carbonyl (C=O) groups excluding carboxylic acids is 4. The number of sulfonamides is 1. The standard InChI is InChI=1S/C39H49F4N5O9S/c1-22-8-6-7-9-25-18-38(25,34(51)47-58(53,54)37(21-40)12-13-37)46-32(49)30-17-28(56-27-16-24-15-26(55-5)10-11-29(24)44-19-27)20-48(30)33(50)31(23(2)14-22)45-35(52)57-36(3,4)39(41,42)43/h7,9-11,15-16,19,22-23,25,28,30-31H,6,8,12-14,17-18,20-21H2,1-5H3,(H,45,52)(H,46,49)(H,47,51)/b9-7-/t22-,23-,25-,28-,30+,31+,38-/m1/s1. The monoisotopic (exact) mass is 839 g/mol. The molecule has 58 heavy (non-hydrogen) atoms. The van der Waals surface area contributed by atoms with Crippen molar-refractivity contribution in [3.63, 3.8) is 0 Å². The van der Waals surface area contributed by atoms with E-state index in [1.54, 1.807) is 37.3 Å². The highest BCUT2D eigenvalue weighted by atomic mass is 32.2. The Hall–Kier alpha value is -4.68. The van der Waals surface area contributed by atoms with E-state index < -0.39 is 92.6 Å². The number of ether oxygens (including phenoxy) is 3. The average molecular weight is 840 g/mol. The first-order valence-corrected chi connectivity index (χ1v) is 20.7. The highest BCUT2D eigenvalue weighted by molar-refractivity contribution is 7.91. The van der Waals surface area contributed by atoms with Gasteiger partial charge in [0.1, 0.15) is 46.6 Å². The molecular formula is C39H49F4N5O9S. The first kappa shape index (κ1) is 42.9. The normalized spacial score (nSPS) is 29.4. The molecular weight excluding hydrogens is 791 g/mol. The molecule has 3 heterocycles. The minimum Gasteiger partial charge on any atom is -0.497 e. The molecule has 7 atom stereocenters. The van der Waals surface area contributed by atoms with E-state index in [1.807, 2.05) is 17.7 Å². The number of benzene rings is 1. The number of allylic oxidation sites excluding steroid dienone is 1. The number of nitrogens with zero attached hydrogens (tertiary/aromatic N) is 2. The molecule has 0 bridgehead atoms. The fourth-order valence-corrected chi connectivity index (χ4v) is 9.10. The largest absolute Gasteiger partial charge is 0.497 e. The summed E-state index contributed by atoms with van der Waals surface area (Å²) in [5.74, 6) is -3.21. The summed E-state index contributed by atoms with van der Waals surface area (Å²) in [6, 6.07) is 4.10. The molecule has 2 aliphatic heterocycles. The zero-order valence-electron chi connectivity index (χ0n) is 32.9. The Bertz CT molecular complexity index is 2080. The van der Waals surface area contributed by atoms with Crippen molar-refractivity contribution in [2.75, 3.05) is 20.3 Å². The molecule has 1 aromatic heterocycles. The van der Waals surface area contributed by atoms with E-state index in [1.165, 1.54) is 13.3 Å². The second kappa shape index (κ2) is 15.8. The van der Waals surface area contributed by atoms with Crippen LogP contribution >= 0.6 is 0 Å². The van der Waals surface area contributed by atoms with E-state index in [0.29, 0.717) is 49.8 Å². The summed E-state index contributed by atoms with van der Waals surface area (Å²) < 4.78 is 97.9. The SMILES string of the molecule is COc1ccc2ncc(O[C@@H]3C[C@H]4C(=O)N[C@]5(C(=O)NS(=O)(=O)C6(CF)CC6)C[C@H]5/C=C\CC[C@@H](C)C[C@@H](C)[C@H](NC(=O)OC(C)(C)C(F)(F)F)C(=O)N4C3)cc2c1. The number of carbonyl (C=O) groups is 4. The van der Waals surface area contributed by atoms with Gasteiger partial charge in [-0.15, -0.1) is 0 Å². The van der Waals surface area contributed by atoms with Crippen molar-refractivity contribution in [1.29, 1.82) is 0 Å². The quantitative estimate of drug-likeness (QED) is 0.233. The summed E-state index contributed by atoms with van der Waals surface area (Å²) in [6.45, 7) is 3.51. The molecule has 2 aliphatic carbocycles. The van der Waals surface area contributed by atoms with Crippen LogP contribution in [-0.2, 0) is 29.1 Å². The van der Waals surface area contributed by atoms with E-state index in [9.17, 15) is 45.2 Å². The molecule has 3 N–H and O–H groups in total. The van der Waals surface area contributed by atoms with Crippen molar-refractivity contribution in [1.82, 2.24) is 25.2 Å². The summed E-state index contributed by atoms with van der Waals surface area (Å²) in [7, 11) is -2.95. The van der Waals surface area contributed by atoms with Crippen LogP contribution in [-0.4, -0.2) is 103 Å². The Kier molecular flexibility index (Phi) is 11.7. The van der Waals surface area contributed by atoms with Crippen LogP contribution in [0.3, 0.4) is 0 Å². The molecule has 2 aromatic rings. The molecule has 4 amide bonds. The van der Waals surface area contributed by atoms with Crippen LogP contribution in [0, 0.1) is 17.8 Å². The second-order valence-electron chi connectivity index (χ2n) is 16.6. The minimum atomic E-state index is -4.93. The number of amides is 4. The van der Waals surface area contributed by atoms with Crippen LogP contribution in [0.4, 0.5) is 22.4 Å². The predicted molar refractivity (Wildman–Crippen MR) is 202 cm³/mol. The molecule has 14 nitrogen and oxygen atoms in total. The number of halogens is 4. The van der Waals surface area contributed by atoms with Crippen molar-refractivity contribution in [3.05, 3.63) is 42.6 Å². The summed E-state index contributed by atoms with van der Waals surface area (Å²) >= 11 is 0. The van der Waals surface area contributed by atoms with E-state index in [4.69, 9.17) is 14.2 Å². The lowest BCUT2D eigenvalue weighted by Gasteiger charge is -2.34. The van der Waals surface area contributed by atoms with Crippen molar-refractivity contribution in [2.24, 2.45) is 17.8 Å². The van der Waals surface area contributed by atoms with Gasteiger partial charge in [0.05, 0.1) is 25.4 Å². The predicted octanol–water partition coefficient (Wildman–Crippen LogP) is 4.86.